The number of hydrogen-bond acceptors (Lipinski definition) is 3. The number of piperidine rings is 1. The van der Waals surface area contributed by atoms with Gasteiger partial charge in [0.05, 0.1) is 0 Å². The molecule has 4 nitrogen and oxygen atoms in total. The van der Waals surface area contributed by atoms with E-state index < -0.39 is 0 Å². The van der Waals surface area contributed by atoms with Gasteiger partial charge in [0.25, 0.3) is 0 Å². The second-order valence-corrected chi connectivity index (χ2v) is 6.75. The highest BCUT2D eigenvalue weighted by molar-refractivity contribution is 7.80. The van der Waals surface area contributed by atoms with Crippen molar-refractivity contribution >= 4 is 28.8 Å². The molecule has 1 saturated heterocycles. The van der Waals surface area contributed by atoms with E-state index in [1.165, 1.54) is 0 Å². The monoisotopic (exact) mass is 333 g/mol. The third-order valence-electron chi connectivity index (χ3n) is 4.53. The lowest BCUT2D eigenvalue weighted by Gasteiger charge is -2.28. The predicted octanol–water partition coefficient (Wildman–Crippen LogP) is 3.06. The minimum Gasteiger partial charge on any atom is -0.376 e. The molecule has 0 bridgehead atoms. The fourth-order valence-electron chi connectivity index (χ4n) is 3.02. The molecule has 5 heteroatoms. The standard InChI is InChI=1S/C18H27N3OS/c1-3-4-10-21(18(19)23)16-7-5-6-15(13-16)17(22)14-8-11-20(2)12-9-14/h5-7,13-14H,3-4,8-12H2,1-2H3,(H2,19,23). The van der Waals surface area contributed by atoms with Crippen LogP contribution in [0.15, 0.2) is 24.3 Å². The lowest BCUT2D eigenvalue weighted by molar-refractivity contribution is 0.0857. The molecular formula is C18H27N3OS. The van der Waals surface area contributed by atoms with Crippen LogP contribution < -0.4 is 10.6 Å². The van der Waals surface area contributed by atoms with Crippen molar-refractivity contribution in [1.29, 1.82) is 0 Å². The summed E-state index contributed by atoms with van der Waals surface area (Å²) in [5.74, 6) is 0.383. The molecule has 0 amide bonds. The minimum absolute atomic E-state index is 0.135. The van der Waals surface area contributed by atoms with Crippen molar-refractivity contribution in [3.63, 3.8) is 0 Å². The highest BCUT2D eigenvalue weighted by Gasteiger charge is 2.24. The fourth-order valence-corrected chi connectivity index (χ4v) is 3.21. The van der Waals surface area contributed by atoms with Crippen LogP contribution in [-0.4, -0.2) is 42.5 Å². The number of hydrogen-bond donors (Lipinski definition) is 1. The molecule has 126 valence electrons. The molecule has 2 rings (SSSR count). The van der Waals surface area contributed by atoms with Crippen LogP contribution in [0.25, 0.3) is 0 Å². The maximum absolute atomic E-state index is 12.8. The normalized spacial score (nSPS) is 16.3. The van der Waals surface area contributed by atoms with Crippen molar-refractivity contribution in [2.45, 2.75) is 32.6 Å². The molecular weight excluding hydrogens is 306 g/mol. The van der Waals surface area contributed by atoms with Crippen molar-refractivity contribution in [3.05, 3.63) is 29.8 Å². The van der Waals surface area contributed by atoms with E-state index in [9.17, 15) is 4.79 Å². The number of benzene rings is 1. The quantitative estimate of drug-likeness (QED) is 0.640. The highest BCUT2D eigenvalue weighted by Crippen LogP contribution is 2.24. The predicted molar refractivity (Wildman–Crippen MR) is 100 cm³/mol. The summed E-state index contributed by atoms with van der Waals surface area (Å²) in [5.41, 5.74) is 7.55. The van der Waals surface area contributed by atoms with Gasteiger partial charge < -0.3 is 15.5 Å². The van der Waals surface area contributed by atoms with E-state index in [0.29, 0.717) is 5.11 Å². The van der Waals surface area contributed by atoms with Gasteiger partial charge in [0.2, 0.25) is 0 Å². The van der Waals surface area contributed by atoms with Crippen LogP contribution in [0.4, 0.5) is 5.69 Å². The Hall–Kier alpha value is -1.46. The summed E-state index contributed by atoms with van der Waals surface area (Å²) in [4.78, 5) is 17.0. The smallest absolute Gasteiger partial charge is 0.170 e. The molecule has 2 N–H and O–H groups in total. The molecule has 1 heterocycles. The zero-order valence-electron chi connectivity index (χ0n) is 14.1. The zero-order valence-corrected chi connectivity index (χ0v) is 14.9. The molecule has 1 aromatic rings. The SMILES string of the molecule is CCCCN(C(N)=S)c1cccc(C(=O)C2CCN(C)CC2)c1. The number of anilines is 1. The molecule has 23 heavy (non-hydrogen) atoms. The van der Waals surface area contributed by atoms with Crippen LogP contribution in [0.1, 0.15) is 43.0 Å². The number of thiocarbonyl (C=S) groups is 1. The number of nitrogens with zero attached hydrogens (tertiary/aromatic N) is 2. The molecule has 0 unspecified atom stereocenters. The maximum Gasteiger partial charge on any atom is 0.170 e. The van der Waals surface area contributed by atoms with Gasteiger partial charge in [-0.3, -0.25) is 4.79 Å². The summed E-state index contributed by atoms with van der Waals surface area (Å²) in [5, 5.41) is 0.363. The van der Waals surface area contributed by atoms with Crippen molar-refractivity contribution in [2.75, 3.05) is 31.6 Å². The second kappa shape index (κ2) is 8.41. The maximum atomic E-state index is 12.8. The number of Topliss-reactive ketones (excluding diaryl/α,β-unsaturated/α-hetero) is 1. The van der Waals surface area contributed by atoms with Gasteiger partial charge in [-0.1, -0.05) is 25.5 Å². The molecule has 0 aliphatic carbocycles. The first-order chi connectivity index (χ1) is 11.0. The van der Waals surface area contributed by atoms with E-state index in [-0.39, 0.29) is 11.7 Å². The molecule has 1 aromatic carbocycles. The second-order valence-electron chi connectivity index (χ2n) is 6.34. The average molecular weight is 334 g/mol. The Morgan fingerprint density at radius 2 is 2.09 bits per heavy atom. The van der Waals surface area contributed by atoms with Crippen LogP contribution in [-0.2, 0) is 0 Å². The Balaban J connectivity index is 2.14. The first-order valence-corrected chi connectivity index (χ1v) is 8.83. The Kier molecular flexibility index (Phi) is 6.54. The van der Waals surface area contributed by atoms with E-state index in [1.54, 1.807) is 0 Å². The van der Waals surface area contributed by atoms with Crippen molar-refractivity contribution in [3.8, 4) is 0 Å². The molecule has 1 aliphatic heterocycles. The molecule has 1 aliphatic rings. The number of carbonyl (C=O) groups is 1. The van der Waals surface area contributed by atoms with Crippen molar-refractivity contribution in [1.82, 2.24) is 4.90 Å². The largest absolute Gasteiger partial charge is 0.376 e. The Morgan fingerprint density at radius 1 is 1.39 bits per heavy atom. The van der Waals surface area contributed by atoms with E-state index in [0.717, 1.165) is 56.6 Å². The first kappa shape index (κ1) is 17.9. The third kappa shape index (κ3) is 4.75. The Bertz CT molecular complexity index is 553. The lowest BCUT2D eigenvalue weighted by atomic mass is 9.89. The van der Waals surface area contributed by atoms with E-state index in [4.69, 9.17) is 18.0 Å². The lowest BCUT2D eigenvalue weighted by Crippen LogP contribution is -2.36. The average Bonchev–Trinajstić information content (AvgIpc) is 2.55. The Morgan fingerprint density at radius 3 is 2.70 bits per heavy atom. The van der Waals surface area contributed by atoms with Crippen LogP contribution >= 0.6 is 12.2 Å². The number of rotatable bonds is 6. The van der Waals surface area contributed by atoms with Crippen LogP contribution in [0.2, 0.25) is 0 Å². The molecule has 0 radical (unpaired) electrons. The topological polar surface area (TPSA) is 49.6 Å². The number of unbranched alkanes of at least 4 members (excludes halogenated alkanes) is 1. The van der Waals surface area contributed by atoms with Crippen molar-refractivity contribution in [2.24, 2.45) is 11.7 Å². The van der Waals surface area contributed by atoms with Crippen LogP contribution in [0.3, 0.4) is 0 Å². The summed E-state index contributed by atoms with van der Waals surface area (Å²) in [6.45, 7) is 4.91. The van der Waals surface area contributed by atoms with Gasteiger partial charge in [0, 0.05) is 23.7 Å². The first-order valence-electron chi connectivity index (χ1n) is 8.42. The molecule has 0 spiro atoms. The van der Waals surface area contributed by atoms with E-state index in [1.807, 2.05) is 29.2 Å². The number of likely N-dealkylation sites (tertiary alicyclic amines) is 1. The van der Waals surface area contributed by atoms with E-state index >= 15 is 0 Å². The summed E-state index contributed by atoms with van der Waals surface area (Å²) < 4.78 is 0. The highest BCUT2D eigenvalue weighted by atomic mass is 32.1. The van der Waals surface area contributed by atoms with Crippen LogP contribution in [0, 0.1) is 5.92 Å². The summed E-state index contributed by atoms with van der Waals surface area (Å²) >= 11 is 5.17. The van der Waals surface area contributed by atoms with Gasteiger partial charge in [0.15, 0.2) is 10.9 Å². The van der Waals surface area contributed by atoms with Crippen molar-refractivity contribution < 1.29 is 4.79 Å². The molecule has 0 atom stereocenters. The van der Waals surface area contributed by atoms with Gasteiger partial charge in [-0.25, -0.2) is 0 Å². The number of carbonyl (C=O) groups excluding carboxylic acids is 1. The summed E-state index contributed by atoms with van der Waals surface area (Å²) in [6, 6.07) is 7.74. The third-order valence-corrected chi connectivity index (χ3v) is 4.75. The summed E-state index contributed by atoms with van der Waals surface area (Å²) in [6.07, 6.45) is 3.97. The van der Waals surface area contributed by atoms with Gasteiger partial charge in [-0.05, 0) is 63.8 Å². The number of ketones is 1. The van der Waals surface area contributed by atoms with Crippen LogP contribution in [0.5, 0.6) is 0 Å². The number of nitrogens with two attached hydrogens (primary N) is 1. The molecule has 0 aromatic heterocycles. The molecule has 1 fully saturated rings. The zero-order chi connectivity index (χ0) is 16.8. The fraction of sp³-hybridized carbons (Fsp3) is 0.556. The minimum atomic E-state index is 0.135. The Labute approximate surface area is 144 Å². The van der Waals surface area contributed by atoms with Gasteiger partial charge in [-0.2, -0.15) is 0 Å². The van der Waals surface area contributed by atoms with Gasteiger partial charge in [-0.15, -0.1) is 0 Å². The van der Waals surface area contributed by atoms with Gasteiger partial charge >= 0.3 is 0 Å². The van der Waals surface area contributed by atoms with E-state index in [2.05, 4.69) is 18.9 Å². The van der Waals surface area contributed by atoms with Gasteiger partial charge in [0.1, 0.15) is 0 Å². The molecule has 0 saturated carbocycles. The summed E-state index contributed by atoms with van der Waals surface area (Å²) in [7, 11) is 2.11.